The molecule has 0 saturated heterocycles. The van der Waals surface area contributed by atoms with Crippen LogP contribution in [0, 0.1) is 0 Å². The number of nitrogens with zero attached hydrogens (tertiary/aromatic N) is 3. The van der Waals surface area contributed by atoms with Crippen molar-refractivity contribution in [2.45, 2.75) is 50.9 Å². The smallest absolute Gasteiger partial charge is 0.355 e. The third-order valence-corrected chi connectivity index (χ3v) is 4.92. The van der Waals surface area contributed by atoms with Crippen LogP contribution in [-0.4, -0.2) is 29.0 Å². The number of hydrogen-bond donors (Lipinski definition) is 1. The SMILES string of the molecule is CN(Cc1ccc(C(F)(F)F)cc1)c1cc(C(=O)NC2CCCCC2)ncn1. The first kappa shape index (κ1) is 20.1. The van der Waals surface area contributed by atoms with Crippen LogP contribution in [0.3, 0.4) is 0 Å². The second-order valence-electron chi connectivity index (χ2n) is 7.12. The Kier molecular flexibility index (Phi) is 6.16. The lowest BCUT2D eigenvalue weighted by atomic mass is 9.95. The van der Waals surface area contributed by atoms with E-state index < -0.39 is 11.7 Å². The Morgan fingerprint density at radius 3 is 2.46 bits per heavy atom. The fourth-order valence-electron chi connectivity index (χ4n) is 3.34. The molecule has 0 radical (unpaired) electrons. The van der Waals surface area contributed by atoms with Crippen LogP contribution >= 0.6 is 0 Å². The highest BCUT2D eigenvalue weighted by atomic mass is 19.4. The number of carbonyl (C=O) groups is 1. The van der Waals surface area contributed by atoms with Crippen LogP contribution in [0.4, 0.5) is 19.0 Å². The maximum atomic E-state index is 12.7. The standard InChI is InChI=1S/C20H23F3N4O/c1-27(12-14-7-9-15(10-8-14)20(21,22)23)18-11-17(24-13-25-18)19(28)26-16-5-3-2-4-6-16/h7-11,13,16H,2-6,12H2,1H3,(H,26,28). The van der Waals surface area contributed by atoms with Crippen LogP contribution in [-0.2, 0) is 12.7 Å². The summed E-state index contributed by atoms with van der Waals surface area (Å²) in [5.74, 6) is 0.308. The van der Waals surface area contributed by atoms with Crippen LogP contribution in [0.2, 0.25) is 0 Å². The van der Waals surface area contributed by atoms with Crippen LogP contribution in [0.15, 0.2) is 36.7 Å². The molecule has 1 saturated carbocycles. The van der Waals surface area contributed by atoms with E-state index in [1.54, 1.807) is 18.0 Å². The maximum absolute atomic E-state index is 12.7. The Bertz CT molecular complexity index is 802. The number of nitrogens with one attached hydrogen (secondary N) is 1. The lowest BCUT2D eigenvalue weighted by Gasteiger charge is -2.23. The molecule has 0 unspecified atom stereocenters. The normalized spacial score (nSPS) is 15.3. The number of alkyl halides is 3. The molecule has 1 N–H and O–H groups in total. The Morgan fingerprint density at radius 2 is 1.82 bits per heavy atom. The molecule has 1 fully saturated rings. The van der Waals surface area contributed by atoms with Crippen molar-refractivity contribution in [1.29, 1.82) is 0 Å². The highest BCUT2D eigenvalue weighted by molar-refractivity contribution is 5.93. The molecule has 0 aliphatic heterocycles. The van der Waals surface area contributed by atoms with Crippen molar-refractivity contribution < 1.29 is 18.0 Å². The summed E-state index contributed by atoms with van der Waals surface area (Å²) >= 11 is 0. The predicted molar refractivity (Wildman–Crippen MR) is 99.9 cm³/mol. The van der Waals surface area contributed by atoms with E-state index in [0.717, 1.165) is 37.8 Å². The van der Waals surface area contributed by atoms with E-state index in [4.69, 9.17) is 0 Å². The largest absolute Gasteiger partial charge is 0.416 e. The summed E-state index contributed by atoms with van der Waals surface area (Å²) in [6, 6.07) is 6.79. The molecule has 1 aromatic carbocycles. The van der Waals surface area contributed by atoms with Gasteiger partial charge >= 0.3 is 6.18 Å². The van der Waals surface area contributed by atoms with Crippen molar-refractivity contribution in [2.24, 2.45) is 0 Å². The molecule has 0 bridgehead atoms. The van der Waals surface area contributed by atoms with E-state index in [1.807, 2.05) is 0 Å². The minimum atomic E-state index is -4.35. The van der Waals surface area contributed by atoms with Crippen molar-refractivity contribution in [1.82, 2.24) is 15.3 Å². The summed E-state index contributed by atoms with van der Waals surface area (Å²) in [4.78, 5) is 22.5. The molecule has 0 atom stereocenters. The van der Waals surface area contributed by atoms with Crippen molar-refractivity contribution in [3.63, 3.8) is 0 Å². The highest BCUT2D eigenvalue weighted by Gasteiger charge is 2.30. The number of hydrogen-bond acceptors (Lipinski definition) is 4. The number of anilines is 1. The third-order valence-electron chi connectivity index (χ3n) is 4.92. The molecule has 1 amide bonds. The molecule has 5 nitrogen and oxygen atoms in total. The van der Waals surface area contributed by atoms with Gasteiger partial charge in [0.1, 0.15) is 17.8 Å². The van der Waals surface area contributed by atoms with Crippen LogP contribution in [0.1, 0.15) is 53.7 Å². The van der Waals surface area contributed by atoms with Gasteiger partial charge in [-0.1, -0.05) is 31.4 Å². The molecule has 1 aromatic heterocycles. The number of amides is 1. The molecular weight excluding hydrogens is 369 g/mol. The zero-order valence-electron chi connectivity index (χ0n) is 15.7. The van der Waals surface area contributed by atoms with Gasteiger partial charge in [0.25, 0.3) is 5.91 Å². The van der Waals surface area contributed by atoms with E-state index >= 15 is 0 Å². The van der Waals surface area contributed by atoms with Crippen molar-refractivity contribution in [3.05, 3.63) is 53.5 Å². The van der Waals surface area contributed by atoms with Gasteiger partial charge in [0.05, 0.1) is 5.56 Å². The lowest BCUT2D eigenvalue weighted by Crippen LogP contribution is -2.36. The van der Waals surface area contributed by atoms with Gasteiger partial charge in [-0.25, -0.2) is 9.97 Å². The summed E-state index contributed by atoms with van der Waals surface area (Å²) in [5.41, 5.74) is 0.319. The molecule has 1 aliphatic carbocycles. The van der Waals surface area contributed by atoms with Gasteiger partial charge in [-0.15, -0.1) is 0 Å². The average Bonchev–Trinajstić information content (AvgIpc) is 2.68. The monoisotopic (exact) mass is 392 g/mol. The fourth-order valence-corrected chi connectivity index (χ4v) is 3.34. The summed E-state index contributed by atoms with van der Waals surface area (Å²) < 4.78 is 38.0. The van der Waals surface area contributed by atoms with Crippen LogP contribution in [0.5, 0.6) is 0 Å². The van der Waals surface area contributed by atoms with E-state index in [0.29, 0.717) is 17.9 Å². The van der Waals surface area contributed by atoms with Gasteiger partial charge < -0.3 is 10.2 Å². The molecule has 2 aromatic rings. The van der Waals surface area contributed by atoms with Gasteiger partial charge in [0.15, 0.2) is 0 Å². The van der Waals surface area contributed by atoms with Gasteiger partial charge in [0.2, 0.25) is 0 Å². The quantitative estimate of drug-likeness (QED) is 0.829. The predicted octanol–water partition coefficient (Wildman–Crippen LogP) is 4.19. The third kappa shape index (κ3) is 5.21. The Balaban J connectivity index is 1.64. The van der Waals surface area contributed by atoms with E-state index in [9.17, 15) is 18.0 Å². The van der Waals surface area contributed by atoms with Gasteiger partial charge in [-0.2, -0.15) is 13.2 Å². The summed E-state index contributed by atoms with van der Waals surface area (Å²) in [6.07, 6.45) is 2.39. The molecule has 28 heavy (non-hydrogen) atoms. The molecule has 3 rings (SSSR count). The van der Waals surface area contributed by atoms with Crippen molar-refractivity contribution >= 4 is 11.7 Å². The number of carbonyl (C=O) groups excluding carboxylic acids is 1. The summed E-state index contributed by atoms with van der Waals surface area (Å²) in [7, 11) is 1.77. The Hall–Kier alpha value is -2.64. The molecular formula is C20H23F3N4O. The zero-order chi connectivity index (χ0) is 20.1. The molecule has 8 heteroatoms. The first-order valence-electron chi connectivity index (χ1n) is 9.33. The molecule has 150 valence electrons. The topological polar surface area (TPSA) is 58.1 Å². The lowest BCUT2D eigenvalue weighted by molar-refractivity contribution is -0.137. The van der Waals surface area contributed by atoms with E-state index in [2.05, 4.69) is 15.3 Å². The maximum Gasteiger partial charge on any atom is 0.416 e. The van der Waals surface area contributed by atoms with Crippen LogP contribution < -0.4 is 10.2 Å². The van der Waals surface area contributed by atoms with Gasteiger partial charge in [0, 0.05) is 25.7 Å². The van der Waals surface area contributed by atoms with Gasteiger partial charge in [-0.3, -0.25) is 4.79 Å². The Labute approximate surface area is 162 Å². The Morgan fingerprint density at radius 1 is 1.14 bits per heavy atom. The zero-order valence-corrected chi connectivity index (χ0v) is 15.7. The average molecular weight is 392 g/mol. The fraction of sp³-hybridized carbons (Fsp3) is 0.450. The second-order valence-corrected chi connectivity index (χ2v) is 7.12. The van der Waals surface area contributed by atoms with Crippen molar-refractivity contribution in [2.75, 3.05) is 11.9 Å². The minimum absolute atomic E-state index is 0.185. The van der Waals surface area contributed by atoms with E-state index in [-0.39, 0.29) is 17.6 Å². The molecule has 1 heterocycles. The number of aromatic nitrogens is 2. The summed E-state index contributed by atoms with van der Waals surface area (Å²) in [6.45, 7) is 0.360. The molecule has 0 spiro atoms. The second kappa shape index (κ2) is 8.58. The summed E-state index contributed by atoms with van der Waals surface area (Å²) in [5, 5.41) is 3.02. The highest BCUT2D eigenvalue weighted by Crippen LogP contribution is 2.29. The first-order valence-corrected chi connectivity index (χ1v) is 9.33. The minimum Gasteiger partial charge on any atom is -0.355 e. The van der Waals surface area contributed by atoms with E-state index in [1.165, 1.54) is 24.9 Å². The molecule has 1 aliphatic rings. The van der Waals surface area contributed by atoms with Gasteiger partial charge in [-0.05, 0) is 30.5 Å². The number of benzene rings is 1. The van der Waals surface area contributed by atoms with Crippen LogP contribution in [0.25, 0.3) is 0 Å². The first-order chi connectivity index (χ1) is 13.3. The number of halogens is 3. The van der Waals surface area contributed by atoms with Crippen molar-refractivity contribution in [3.8, 4) is 0 Å². The number of rotatable bonds is 5.